The molecule has 3 heterocycles. The van der Waals surface area contributed by atoms with Crippen molar-refractivity contribution in [3.05, 3.63) is 53.1 Å². The van der Waals surface area contributed by atoms with Crippen molar-refractivity contribution < 1.29 is 22.7 Å². The fourth-order valence-corrected chi connectivity index (χ4v) is 5.21. The predicted molar refractivity (Wildman–Crippen MR) is 120 cm³/mol. The van der Waals surface area contributed by atoms with Gasteiger partial charge in [0, 0.05) is 36.5 Å². The zero-order valence-electron chi connectivity index (χ0n) is 18.8. The number of rotatable bonds is 6. The minimum atomic E-state index is -3.74. The van der Waals surface area contributed by atoms with Gasteiger partial charge < -0.3 is 4.74 Å². The maximum atomic E-state index is 12.8. The lowest BCUT2D eigenvalue weighted by Crippen LogP contribution is -2.42. The zero-order valence-corrected chi connectivity index (χ0v) is 19.6. The van der Waals surface area contributed by atoms with Crippen LogP contribution in [-0.4, -0.2) is 70.4 Å². The van der Waals surface area contributed by atoms with Crippen LogP contribution in [-0.2, 0) is 26.0 Å². The van der Waals surface area contributed by atoms with Crippen LogP contribution in [0.1, 0.15) is 33.7 Å². The van der Waals surface area contributed by atoms with E-state index < -0.39 is 21.8 Å². The number of fused-ring (bicyclic) bond motifs is 1. The third kappa shape index (κ3) is 4.90. The number of amides is 2. The number of aryl methyl sites for hydroxylation is 2. The van der Waals surface area contributed by atoms with E-state index in [0.717, 1.165) is 17.0 Å². The third-order valence-corrected chi connectivity index (χ3v) is 7.50. The molecule has 1 fully saturated rings. The second-order valence-electron chi connectivity index (χ2n) is 7.78. The van der Waals surface area contributed by atoms with Gasteiger partial charge in [-0.15, -0.1) is 0 Å². The van der Waals surface area contributed by atoms with Gasteiger partial charge in [-0.25, -0.2) is 17.9 Å². The Bertz CT molecular complexity index is 1330. The Hall–Kier alpha value is -3.42. The molecule has 0 atom stereocenters. The van der Waals surface area contributed by atoms with E-state index >= 15 is 0 Å². The minimum Gasteiger partial charge on any atom is -0.379 e. The van der Waals surface area contributed by atoms with Gasteiger partial charge in [-0.3, -0.25) is 20.4 Å². The average molecular weight is 488 g/mol. The summed E-state index contributed by atoms with van der Waals surface area (Å²) in [5, 5.41) is 4.13. The van der Waals surface area contributed by atoms with Crippen LogP contribution in [0.3, 0.4) is 0 Å². The standard InChI is InChI=1S/C21H25N7O5S/c1-14-18(15(2)28-21(24-14)22-13-23-28)6-7-19(29)25-26-20(30)16-4-3-5-17(12-16)34(31,32)27-8-10-33-11-9-27/h3-5,12-13H,6-11H2,1-2H3,(H,25,29)(H,26,30). The topological polar surface area (TPSA) is 148 Å². The number of benzene rings is 1. The number of carbonyl (C=O) groups is 2. The molecule has 1 aromatic carbocycles. The Morgan fingerprint density at radius 1 is 1.15 bits per heavy atom. The largest absolute Gasteiger partial charge is 0.379 e. The Labute approximate surface area is 196 Å². The lowest BCUT2D eigenvalue weighted by molar-refractivity contribution is -0.121. The van der Waals surface area contributed by atoms with E-state index in [1.54, 1.807) is 4.52 Å². The number of sulfonamides is 1. The van der Waals surface area contributed by atoms with Crippen molar-refractivity contribution in [1.29, 1.82) is 0 Å². The minimum absolute atomic E-state index is 0.00957. The van der Waals surface area contributed by atoms with E-state index in [2.05, 4.69) is 25.9 Å². The van der Waals surface area contributed by atoms with E-state index in [9.17, 15) is 18.0 Å². The molecular weight excluding hydrogens is 462 g/mol. The summed E-state index contributed by atoms with van der Waals surface area (Å²) in [5.41, 5.74) is 7.30. The van der Waals surface area contributed by atoms with Gasteiger partial charge in [-0.1, -0.05) is 6.07 Å². The highest BCUT2D eigenvalue weighted by Gasteiger charge is 2.27. The molecule has 2 aromatic heterocycles. The number of nitrogens with one attached hydrogen (secondary N) is 2. The van der Waals surface area contributed by atoms with E-state index in [-0.39, 0.29) is 30.0 Å². The van der Waals surface area contributed by atoms with Crippen LogP contribution in [0.2, 0.25) is 0 Å². The molecule has 3 aromatic rings. The van der Waals surface area contributed by atoms with Crippen LogP contribution in [0.5, 0.6) is 0 Å². The van der Waals surface area contributed by atoms with Gasteiger partial charge in [-0.2, -0.15) is 14.4 Å². The number of hydrazine groups is 1. The molecule has 0 radical (unpaired) electrons. The normalized spacial score (nSPS) is 14.8. The Morgan fingerprint density at radius 2 is 1.91 bits per heavy atom. The van der Waals surface area contributed by atoms with E-state index in [4.69, 9.17) is 4.74 Å². The quantitative estimate of drug-likeness (QED) is 0.467. The molecule has 4 rings (SSSR count). The first-order valence-electron chi connectivity index (χ1n) is 10.7. The fraction of sp³-hybridized carbons (Fsp3) is 0.381. The molecule has 13 heteroatoms. The summed E-state index contributed by atoms with van der Waals surface area (Å²) in [5.74, 6) is -0.526. The second kappa shape index (κ2) is 9.83. The number of nitrogens with zero attached hydrogens (tertiary/aromatic N) is 5. The number of hydrogen-bond donors (Lipinski definition) is 2. The summed E-state index contributed by atoms with van der Waals surface area (Å²) >= 11 is 0. The van der Waals surface area contributed by atoms with E-state index in [0.29, 0.717) is 25.4 Å². The van der Waals surface area contributed by atoms with Crippen LogP contribution >= 0.6 is 0 Å². The van der Waals surface area contributed by atoms with Crippen molar-refractivity contribution in [2.75, 3.05) is 26.3 Å². The fourth-order valence-electron chi connectivity index (χ4n) is 3.75. The third-order valence-electron chi connectivity index (χ3n) is 5.61. The number of carbonyl (C=O) groups excluding carboxylic acids is 2. The van der Waals surface area contributed by atoms with Gasteiger partial charge in [0.05, 0.1) is 18.1 Å². The van der Waals surface area contributed by atoms with Crippen LogP contribution in [0.4, 0.5) is 0 Å². The van der Waals surface area contributed by atoms with Crippen molar-refractivity contribution >= 4 is 27.6 Å². The Balaban J connectivity index is 1.36. The van der Waals surface area contributed by atoms with Crippen molar-refractivity contribution in [3.63, 3.8) is 0 Å². The summed E-state index contributed by atoms with van der Waals surface area (Å²) in [6, 6.07) is 5.69. The first-order chi connectivity index (χ1) is 16.3. The smallest absolute Gasteiger partial charge is 0.269 e. The highest BCUT2D eigenvalue weighted by atomic mass is 32.2. The maximum Gasteiger partial charge on any atom is 0.269 e. The summed E-state index contributed by atoms with van der Waals surface area (Å²) < 4.78 is 33.8. The van der Waals surface area contributed by atoms with Gasteiger partial charge in [0.15, 0.2) is 0 Å². The Morgan fingerprint density at radius 3 is 2.68 bits per heavy atom. The molecule has 0 saturated carbocycles. The van der Waals surface area contributed by atoms with Crippen LogP contribution in [0, 0.1) is 13.8 Å². The summed E-state index contributed by atoms with van der Waals surface area (Å²) in [7, 11) is -3.74. The molecule has 0 aliphatic carbocycles. The SMILES string of the molecule is Cc1nc2ncnn2c(C)c1CCC(=O)NNC(=O)c1cccc(S(=O)(=O)N2CCOCC2)c1. The van der Waals surface area contributed by atoms with Gasteiger partial charge in [0.2, 0.25) is 15.9 Å². The molecule has 0 spiro atoms. The number of aromatic nitrogens is 4. The first kappa shape index (κ1) is 23.7. The van der Waals surface area contributed by atoms with Gasteiger partial charge in [0.25, 0.3) is 11.7 Å². The maximum absolute atomic E-state index is 12.8. The lowest BCUT2D eigenvalue weighted by Gasteiger charge is -2.26. The summed E-state index contributed by atoms with van der Waals surface area (Å²) in [4.78, 5) is 33.3. The number of hydrogen-bond acceptors (Lipinski definition) is 8. The van der Waals surface area contributed by atoms with Crippen LogP contribution < -0.4 is 10.9 Å². The zero-order chi connectivity index (χ0) is 24.3. The molecule has 0 unspecified atom stereocenters. The van der Waals surface area contributed by atoms with Gasteiger partial charge in [-0.05, 0) is 44.0 Å². The molecule has 2 N–H and O–H groups in total. The molecule has 1 aliphatic heterocycles. The molecule has 12 nitrogen and oxygen atoms in total. The van der Waals surface area contributed by atoms with E-state index in [1.807, 2.05) is 13.8 Å². The van der Waals surface area contributed by atoms with Gasteiger partial charge >= 0.3 is 0 Å². The molecule has 0 bridgehead atoms. The van der Waals surface area contributed by atoms with Crippen molar-refractivity contribution in [1.82, 2.24) is 34.7 Å². The monoisotopic (exact) mass is 487 g/mol. The number of ether oxygens (including phenoxy) is 1. The van der Waals surface area contributed by atoms with Crippen molar-refractivity contribution in [3.8, 4) is 0 Å². The van der Waals surface area contributed by atoms with Crippen LogP contribution in [0.25, 0.3) is 5.78 Å². The predicted octanol–water partition coefficient (Wildman–Crippen LogP) is 0.156. The highest BCUT2D eigenvalue weighted by Crippen LogP contribution is 2.18. The molecule has 1 aliphatic rings. The molecular formula is C21H25N7O5S. The molecule has 2 amide bonds. The molecule has 180 valence electrons. The van der Waals surface area contributed by atoms with Crippen LogP contribution in [0.15, 0.2) is 35.5 Å². The lowest BCUT2D eigenvalue weighted by atomic mass is 10.1. The summed E-state index contributed by atoms with van der Waals surface area (Å²) in [6.07, 6.45) is 1.92. The number of morpholine rings is 1. The van der Waals surface area contributed by atoms with Crippen molar-refractivity contribution in [2.24, 2.45) is 0 Å². The molecule has 34 heavy (non-hydrogen) atoms. The Kier molecular flexibility index (Phi) is 6.86. The van der Waals surface area contributed by atoms with Gasteiger partial charge in [0.1, 0.15) is 6.33 Å². The summed E-state index contributed by atoms with van der Waals surface area (Å²) in [6.45, 7) is 4.89. The first-order valence-corrected chi connectivity index (χ1v) is 12.1. The van der Waals surface area contributed by atoms with Crippen molar-refractivity contribution in [2.45, 2.75) is 31.6 Å². The van der Waals surface area contributed by atoms with E-state index in [1.165, 1.54) is 34.9 Å². The highest BCUT2D eigenvalue weighted by molar-refractivity contribution is 7.89. The second-order valence-corrected chi connectivity index (χ2v) is 9.72. The average Bonchev–Trinajstić information content (AvgIpc) is 3.31. The molecule has 1 saturated heterocycles.